The van der Waals surface area contributed by atoms with Crippen LogP contribution in [0.25, 0.3) is 0 Å². The highest BCUT2D eigenvalue weighted by molar-refractivity contribution is 5.50. The predicted molar refractivity (Wildman–Crippen MR) is 84.0 cm³/mol. The van der Waals surface area contributed by atoms with Crippen LogP contribution >= 0.6 is 0 Å². The number of rotatable bonds is 4. The number of nitrogens with two attached hydrogens (primary N) is 1. The van der Waals surface area contributed by atoms with E-state index in [1.54, 1.807) is 7.11 Å². The summed E-state index contributed by atoms with van der Waals surface area (Å²) in [5.41, 5.74) is 8.82. The Kier molecular flexibility index (Phi) is 4.09. The number of ether oxygens (including phenoxy) is 2. The van der Waals surface area contributed by atoms with Crippen LogP contribution in [-0.4, -0.2) is 37.2 Å². The van der Waals surface area contributed by atoms with Gasteiger partial charge in [-0.15, -0.1) is 0 Å². The summed E-state index contributed by atoms with van der Waals surface area (Å²) >= 11 is 0. The summed E-state index contributed by atoms with van der Waals surface area (Å²) in [4.78, 5) is 2.48. The van der Waals surface area contributed by atoms with Gasteiger partial charge in [-0.3, -0.25) is 4.90 Å². The third kappa shape index (κ3) is 2.62. The van der Waals surface area contributed by atoms with Crippen LogP contribution in [0.3, 0.4) is 0 Å². The number of fused-ring (bicyclic) bond motifs is 1. The molecule has 0 spiro atoms. The summed E-state index contributed by atoms with van der Waals surface area (Å²) in [5.74, 6) is 1.96. The minimum absolute atomic E-state index is 0.169. The molecule has 1 aromatic carbocycles. The summed E-state index contributed by atoms with van der Waals surface area (Å²) in [6, 6.07) is 4.71. The molecule has 4 heteroatoms. The van der Waals surface area contributed by atoms with Crippen molar-refractivity contribution in [3.8, 4) is 11.5 Å². The third-order valence-corrected chi connectivity index (χ3v) is 4.63. The van der Waals surface area contributed by atoms with Gasteiger partial charge in [-0.1, -0.05) is 6.92 Å². The molecule has 0 aliphatic carbocycles. The molecule has 2 aliphatic heterocycles. The molecular weight excluding hydrogens is 264 g/mol. The van der Waals surface area contributed by atoms with E-state index in [-0.39, 0.29) is 18.2 Å². The van der Waals surface area contributed by atoms with Crippen LogP contribution in [0, 0.1) is 0 Å². The fourth-order valence-corrected chi connectivity index (χ4v) is 3.71. The Morgan fingerprint density at radius 1 is 1.43 bits per heavy atom. The highest BCUT2D eigenvalue weighted by Crippen LogP contribution is 2.42. The van der Waals surface area contributed by atoms with Gasteiger partial charge in [0.15, 0.2) is 0 Å². The van der Waals surface area contributed by atoms with E-state index < -0.39 is 0 Å². The SMILES string of the molecule is CCCN1CCC(N)C1c1cc2c(cc1OC)CC(C)O2. The molecule has 1 fully saturated rings. The number of likely N-dealkylation sites (tertiary alicyclic amines) is 1. The van der Waals surface area contributed by atoms with Gasteiger partial charge in [0.1, 0.15) is 17.6 Å². The highest BCUT2D eigenvalue weighted by Gasteiger charge is 2.35. The summed E-state index contributed by atoms with van der Waals surface area (Å²) in [6.07, 6.45) is 3.40. The first kappa shape index (κ1) is 14.7. The second-order valence-corrected chi connectivity index (χ2v) is 6.27. The van der Waals surface area contributed by atoms with E-state index in [4.69, 9.17) is 15.2 Å². The second kappa shape index (κ2) is 5.85. The van der Waals surface area contributed by atoms with Gasteiger partial charge in [0, 0.05) is 30.1 Å². The lowest BCUT2D eigenvalue weighted by molar-refractivity contribution is 0.238. The molecule has 2 N–H and O–H groups in total. The third-order valence-electron chi connectivity index (χ3n) is 4.63. The van der Waals surface area contributed by atoms with E-state index in [0.29, 0.717) is 0 Å². The number of hydrogen-bond donors (Lipinski definition) is 1. The van der Waals surface area contributed by atoms with Gasteiger partial charge in [0.05, 0.1) is 13.2 Å². The average molecular weight is 290 g/mol. The highest BCUT2D eigenvalue weighted by atomic mass is 16.5. The van der Waals surface area contributed by atoms with Crippen LogP contribution in [0.1, 0.15) is 43.9 Å². The maximum Gasteiger partial charge on any atom is 0.124 e. The standard InChI is InChI=1S/C17H26N2O2/c1-4-6-19-7-5-14(18)17(19)13-10-15-12(8-11(2)21-15)9-16(13)20-3/h9-11,14,17H,4-8,18H2,1-3H3. The van der Waals surface area contributed by atoms with Gasteiger partial charge < -0.3 is 15.2 Å². The zero-order valence-corrected chi connectivity index (χ0v) is 13.3. The quantitative estimate of drug-likeness (QED) is 0.925. The molecule has 0 amide bonds. The van der Waals surface area contributed by atoms with Gasteiger partial charge >= 0.3 is 0 Å². The van der Waals surface area contributed by atoms with Crippen molar-refractivity contribution in [1.82, 2.24) is 4.90 Å². The summed E-state index contributed by atoms with van der Waals surface area (Å²) in [7, 11) is 1.75. The number of methoxy groups -OCH3 is 1. The van der Waals surface area contributed by atoms with Gasteiger partial charge in [-0.25, -0.2) is 0 Å². The lowest BCUT2D eigenvalue weighted by Crippen LogP contribution is -2.32. The Bertz CT molecular complexity index is 516. The molecule has 1 saturated heterocycles. The van der Waals surface area contributed by atoms with Gasteiger partial charge in [0.25, 0.3) is 0 Å². The molecule has 116 valence electrons. The molecule has 1 aromatic rings. The monoisotopic (exact) mass is 290 g/mol. The fourth-order valence-electron chi connectivity index (χ4n) is 3.71. The number of hydrogen-bond acceptors (Lipinski definition) is 4. The van der Waals surface area contributed by atoms with Crippen molar-refractivity contribution in [2.45, 2.75) is 51.3 Å². The zero-order chi connectivity index (χ0) is 15.0. The van der Waals surface area contributed by atoms with E-state index in [9.17, 15) is 0 Å². The minimum atomic E-state index is 0.169. The smallest absolute Gasteiger partial charge is 0.124 e. The van der Waals surface area contributed by atoms with E-state index in [0.717, 1.165) is 43.9 Å². The molecule has 0 aromatic heterocycles. The Morgan fingerprint density at radius 3 is 2.95 bits per heavy atom. The maximum absolute atomic E-state index is 6.39. The largest absolute Gasteiger partial charge is 0.496 e. The summed E-state index contributed by atoms with van der Waals surface area (Å²) in [6.45, 7) is 6.47. The molecule has 2 aliphatic rings. The van der Waals surface area contributed by atoms with E-state index >= 15 is 0 Å². The Labute approximate surface area is 127 Å². The van der Waals surface area contributed by atoms with Crippen LogP contribution in [0.5, 0.6) is 11.5 Å². The number of nitrogens with zero attached hydrogens (tertiary/aromatic N) is 1. The maximum atomic E-state index is 6.39. The molecule has 0 saturated carbocycles. The molecule has 0 bridgehead atoms. The van der Waals surface area contributed by atoms with Gasteiger partial charge in [-0.05, 0) is 38.4 Å². The van der Waals surface area contributed by atoms with Crippen LogP contribution in [0.15, 0.2) is 12.1 Å². The topological polar surface area (TPSA) is 47.7 Å². The normalized spacial score (nSPS) is 28.5. The lowest BCUT2D eigenvalue weighted by Gasteiger charge is -2.28. The molecule has 0 radical (unpaired) electrons. The van der Waals surface area contributed by atoms with Crippen molar-refractivity contribution in [3.63, 3.8) is 0 Å². The van der Waals surface area contributed by atoms with Crippen molar-refractivity contribution in [1.29, 1.82) is 0 Å². The Hall–Kier alpha value is -1.26. The predicted octanol–water partition coefficient (Wildman–Crippen LogP) is 2.50. The van der Waals surface area contributed by atoms with Crippen molar-refractivity contribution >= 4 is 0 Å². The number of benzene rings is 1. The van der Waals surface area contributed by atoms with Crippen LogP contribution in [0.2, 0.25) is 0 Å². The van der Waals surface area contributed by atoms with Crippen molar-refractivity contribution in [2.24, 2.45) is 5.73 Å². The van der Waals surface area contributed by atoms with E-state index in [2.05, 4.69) is 30.9 Å². The van der Waals surface area contributed by atoms with Crippen molar-refractivity contribution in [3.05, 3.63) is 23.3 Å². The summed E-state index contributed by atoms with van der Waals surface area (Å²) in [5, 5.41) is 0. The minimum Gasteiger partial charge on any atom is -0.496 e. The fraction of sp³-hybridized carbons (Fsp3) is 0.647. The first-order valence-electron chi connectivity index (χ1n) is 8.01. The molecule has 3 unspecified atom stereocenters. The summed E-state index contributed by atoms with van der Waals surface area (Å²) < 4.78 is 11.6. The van der Waals surface area contributed by atoms with E-state index in [1.165, 1.54) is 11.1 Å². The first-order chi connectivity index (χ1) is 10.1. The molecule has 21 heavy (non-hydrogen) atoms. The molecule has 4 nitrogen and oxygen atoms in total. The lowest BCUT2D eigenvalue weighted by atomic mass is 9.97. The average Bonchev–Trinajstić information content (AvgIpc) is 2.99. The van der Waals surface area contributed by atoms with Crippen LogP contribution in [-0.2, 0) is 6.42 Å². The van der Waals surface area contributed by atoms with Gasteiger partial charge in [-0.2, -0.15) is 0 Å². The Balaban J connectivity index is 1.98. The molecule has 3 rings (SSSR count). The zero-order valence-electron chi connectivity index (χ0n) is 13.3. The van der Waals surface area contributed by atoms with Gasteiger partial charge in [0.2, 0.25) is 0 Å². The van der Waals surface area contributed by atoms with E-state index in [1.807, 2.05) is 0 Å². The molecule has 3 atom stereocenters. The molecular formula is C17H26N2O2. The first-order valence-corrected chi connectivity index (χ1v) is 8.01. The van der Waals surface area contributed by atoms with Crippen LogP contribution in [0.4, 0.5) is 0 Å². The molecule has 2 heterocycles. The Morgan fingerprint density at radius 2 is 2.24 bits per heavy atom. The van der Waals surface area contributed by atoms with Crippen LogP contribution < -0.4 is 15.2 Å². The van der Waals surface area contributed by atoms with Crippen molar-refractivity contribution < 1.29 is 9.47 Å². The second-order valence-electron chi connectivity index (χ2n) is 6.27. The van der Waals surface area contributed by atoms with Crippen molar-refractivity contribution in [2.75, 3.05) is 20.2 Å².